The van der Waals surface area contributed by atoms with Crippen LogP contribution in [0, 0.1) is 17.5 Å². The fourth-order valence-electron chi connectivity index (χ4n) is 7.13. The molecule has 6 rings (SSSR count). The van der Waals surface area contributed by atoms with Crippen LogP contribution >= 0.6 is 11.6 Å². The Hall–Kier alpha value is -4.39. The lowest BCUT2D eigenvalue weighted by Crippen LogP contribution is -2.62. The molecular weight excluding hydrogens is 699 g/mol. The largest absolute Gasteiger partial charge is 0.488 e. The van der Waals surface area contributed by atoms with Gasteiger partial charge in [-0.15, -0.1) is 0 Å². The van der Waals surface area contributed by atoms with Crippen LogP contribution in [0.1, 0.15) is 61.6 Å². The van der Waals surface area contributed by atoms with Crippen LogP contribution in [-0.4, -0.2) is 76.3 Å². The van der Waals surface area contributed by atoms with Crippen molar-refractivity contribution in [2.45, 2.75) is 81.5 Å². The molecule has 9 nitrogen and oxygen atoms in total. The number of piperazine rings is 1. The number of rotatable bonds is 15. The van der Waals surface area contributed by atoms with Gasteiger partial charge in [-0.25, -0.2) is 8.78 Å². The number of ether oxygens (including phenoxy) is 1. The maximum absolute atomic E-state index is 14.3. The Morgan fingerprint density at radius 1 is 0.981 bits per heavy atom. The third-order valence-corrected chi connectivity index (χ3v) is 10.4. The van der Waals surface area contributed by atoms with Gasteiger partial charge in [-0.3, -0.25) is 14.4 Å². The lowest BCUT2D eigenvalue weighted by atomic mass is 9.82. The van der Waals surface area contributed by atoms with Crippen molar-refractivity contribution in [1.29, 1.82) is 0 Å². The fraction of sp³-hybridized carbons (Fsp3) is 0.410. The number of carbonyl (C=O) groups excluding carboxylic acids is 2. The van der Waals surface area contributed by atoms with E-state index in [9.17, 15) is 32.7 Å². The molecule has 52 heavy (non-hydrogen) atoms. The van der Waals surface area contributed by atoms with Gasteiger partial charge in [0.25, 0.3) is 0 Å². The second-order valence-corrected chi connectivity index (χ2v) is 14.3. The zero-order valence-corrected chi connectivity index (χ0v) is 29.2. The molecule has 4 N–H and O–H groups in total. The molecule has 3 aromatic carbocycles. The first-order valence-corrected chi connectivity index (χ1v) is 17.9. The van der Waals surface area contributed by atoms with Crippen LogP contribution in [0.5, 0.6) is 5.75 Å². The summed E-state index contributed by atoms with van der Waals surface area (Å²) in [5, 5.41) is 26.7. The highest BCUT2D eigenvalue weighted by atomic mass is 35.5. The van der Waals surface area contributed by atoms with E-state index in [0.717, 1.165) is 47.6 Å². The van der Waals surface area contributed by atoms with Crippen molar-refractivity contribution in [1.82, 2.24) is 15.5 Å². The number of carboxylic acid groups (broad SMARTS) is 1. The van der Waals surface area contributed by atoms with Crippen LogP contribution in [0.15, 0.2) is 66.2 Å². The zero-order chi connectivity index (χ0) is 37.0. The molecule has 13 heteroatoms. The molecule has 2 fully saturated rings. The average molecular weight is 740 g/mol. The summed E-state index contributed by atoms with van der Waals surface area (Å²) in [6.45, 7) is 0.489. The first-order valence-electron chi connectivity index (χ1n) is 17.5. The van der Waals surface area contributed by atoms with Gasteiger partial charge in [0, 0.05) is 35.3 Å². The molecule has 2 amide bonds. The smallest absolute Gasteiger partial charge is 0.305 e. The average Bonchev–Trinajstić information content (AvgIpc) is 3.87. The normalized spacial score (nSPS) is 19.6. The van der Waals surface area contributed by atoms with E-state index in [2.05, 4.69) is 10.6 Å². The van der Waals surface area contributed by atoms with Crippen molar-refractivity contribution in [3.8, 4) is 5.75 Å². The SMILES string of the molecule is O=C(O)C[C@@H](O)CC(=O)N1C[C@H]2CC(c3ccc(CCCOc4c(F)ccc(F)c4F)cc3)=C(C(=O)NC3(CCc4ccccc4Cl)CC3)[C@@H](C1)N2. The molecule has 0 radical (unpaired) electrons. The number of nitrogens with zero attached hydrogens (tertiary/aromatic N) is 1. The summed E-state index contributed by atoms with van der Waals surface area (Å²) in [6.07, 6.45) is 2.30. The Balaban J connectivity index is 1.18. The third-order valence-electron chi connectivity index (χ3n) is 10.0. The Bertz CT molecular complexity index is 1850. The Morgan fingerprint density at radius 3 is 2.42 bits per heavy atom. The monoisotopic (exact) mass is 739 g/mol. The summed E-state index contributed by atoms with van der Waals surface area (Å²) in [5.41, 5.74) is 3.81. The highest BCUT2D eigenvalue weighted by Crippen LogP contribution is 2.42. The van der Waals surface area contributed by atoms with Gasteiger partial charge in [-0.1, -0.05) is 54.1 Å². The molecule has 1 saturated heterocycles. The molecule has 2 heterocycles. The molecule has 1 aliphatic carbocycles. The molecular formula is C39H41ClF3N3O6. The van der Waals surface area contributed by atoms with Crippen molar-refractivity contribution in [3.05, 3.63) is 105 Å². The number of benzene rings is 3. The number of amides is 2. The van der Waals surface area contributed by atoms with E-state index < -0.39 is 47.7 Å². The Labute approximate surface area is 304 Å². The number of fused-ring (bicyclic) bond motifs is 2. The van der Waals surface area contributed by atoms with E-state index in [0.29, 0.717) is 48.9 Å². The van der Waals surface area contributed by atoms with Gasteiger partial charge in [0.05, 0.1) is 31.6 Å². The topological polar surface area (TPSA) is 128 Å². The summed E-state index contributed by atoms with van der Waals surface area (Å²) in [5.74, 6) is -6.04. The van der Waals surface area contributed by atoms with Crippen molar-refractivity contribution < 1.29 is 42.5 Å². The van der Waals surface area contributed by atoms with Gasteiger partial charge >= 0.3 is 5.97 Å². The maximum atomic E-state index is 14.3. The number of aliphatic carboxylic acids is 1. The summed E-state index contributed by atoms with van der Waals surface area (Å²) in [4.78, 5) is 40.1. The molecule has 0 aromatic heterocycles. The molecule has 2 aliphatic heterocycles. The molecule has 0 unspecified atom stereocenters. The van der Waals surface area contributed by atoms with Crippen LogP contribution in [0.2, 0.25) is 5.02 Å². The Kier molecular flexibility index (Phi) is 11.6. The van der Waals surface area contributed by atoms with Gasteiger partial charge in [-0.05, 0) is 85.4 Å². The summed E-state index contributed by atoms with van der Waals surface area (Å²) in [6, 6.07) is 16.2. The van der Waals surface area contributed by atoms with Gasteiger partial charge in [0.15, 0.2) is 17.4 Å². The highest BCUT2D eigenvalue weighted by molar-refractivity contribution is 6.31. The van der Waals surface area contributed by atoms with Gasteiger partial charge in [0.1, 0.15) is 0 Å². The fourth-order valence-corrected chi connectivity index (χ4v) is 7.36. The Morgan fingerprint density at radius 2 is 1.71 bits per heavy atom. The molecule has 276 valence electrons. The van der Waals surface area contributed by atoms with Crippen LogP contribution in [-0.2, 0) is 27.2 Å². The van der Waals surface area contributed by atoms with Crippen molar-refractivity contribution in [3.63, 3.8) is 0 Å². The molecule has 2 bridgehead atoms. The standard InChI is InChI=1S/C39H41ClF3N3O6/c40-29-6-2-1-5-25(29)13-14-39(15-16-39)45-38(51)35-28(18-26-21-46(22-32(35)44-26)33(48)19-27(47)20-34(49)50)24-9-7-23(8-10-24)4-3-17-52-37-31(42)12-11-30(41)36(37)43/h1-2,5-12,26-27,32,44,47H,3-4,13-22H2,(H,45,51)(H,49,50)/t26-,27+,32-/m1/s1. The number of hydrogen-bond acceptors (Lipinski definition) is 6. The number of aliphatic hydroxyl groups is 1. The van der Waals surface area contributed by atoms with E-state index in [1.165, 1.54) is 0 Å². The second kappa shape index (κ2) is 16.1. The predicted octanol–water partition coefficient (Wildman–Crippen LogP) is 5.60. The predicted molar refractivity (Wildman–Crippen MR) is 188 cm³/mol. The summed E-state index contributed by atoms with van der Waals surface area (Å²) in [7, 11) is 0. The van der Waals surface area contributed by atoms with Crippen LogP contribution in [0.4, 0.5) is 13.2 Å². The number of halogens is 4. The van der Waals surface area contributed by atoms with E-state index in [1.54, 1.807) is 4.90 Å². The highest BCUT2D eigenvalue weighted by Gasteiger charge is 2.46. The van der Waals surface area contributed by atoms with Crippen LogP contribution in [0.3, 0.4) is 0 Å². The van der Waals surface area contributed by atoms with E-state index in [1.807, 2.05) is 48.5 Å². The van der Waals surface area contributed by atoms with Gasteiger partial charge in [-0.2, -0.15) is 4.39 Å². The summed E-state index contributed by atoms with van der Waals surface area (Å²) >= 11 is 6.40. The first-order chi connectivity index (χ1) is 24.9. The minimum atomic E-state index is -1.36. The van der Waals surface area contributed by atoms with Crippen molar-refractivity contribution in [2.75, 3.05) is 19.7 Å². The third kappa shape index (κ3) is 8.97. The minimum absolute atomic E-state index is 0.0235. The lowest BCUT2D eigenvalue weighted by Gasteiger charge is -2.44. The zero-order valence-electron chi connectivity index (χ0n) is 28.5. The van der Waals surface area contributed by atoms with E-state index in [4.69, 9.17) is 21.4 Å². The second-order valence-electron chi connectivity index (χ2n) is 13.9. The minimum Gasteiger partial charge on any atom is -0.488 e. The number of nitrogens with one attached hydrogen (secondary N) is 2. The maximum Gasteiger partial charge on any atom is 0.305 e. The number of aryl methyl sites for hydroxylation is 2. The molecule has 0 spiro atoms. The molecule has 3 atom stereocenters. The van der Waals surface area contributed by atoms with Crippen LogP contribution in [0.25, 0.3) is 5.57 Å². The number of hydrogen-bond donors (Lipinski definition) is 4. The molecule has 3 aromatic rings. The quantitative estimate of drug-likeness (QED) is 0.118. The van der Waals surface area contributed by atoms with E-state index in [-0.39, 0.29) is 43.0 Å². The molecule has 1 saturated carbocycles. The van der Waals surface area contributed by atoms with Crippen molar-refractivity contribution in [2.24, 2.45) is 0 Å². The van der Waals surface area contributed by atoms with Crippen LogP contribution < -0.4 is 15.4 Å². The van der Waals surface area contributed by atoms with Gasteiger partial charge < -0.3 is 30.5 Å². The number of carbonyl (C=O) groups is 3. The molecule has 3 aliphatic rings. The first kappa shape index (κ1) is 37.4. The number of aliphatic hydroxyl groups excluding tert-OH is 1. The number of carboxylic acids is 1. The van der Waals surface area contributed by atoms with E-state index >= 15 is 0 Å². The van der Waals surface area contributed by atoms with Crippen molar-refractivity contribution >= 4 is 35.0 Å². The van der Waals surface area contributed by atoms with Gasteiger partial charge in [0.2, 0.25) is 17.6 Å². The summed E-state index contributed by atoms with van der Waals surface area (Å²) < 4.78 is 46.6. The lowest BCUT2D eigenvalue weighted by molar-refractivity contribution is -0.141.